The molecule has 0 radical (unpaired) electrons. The fourth-order valence-electron chi connectivity index (χ4n) is 3.29. The number of halogens is 2. The number of hydrogen-bond donors (Lipinski definition) is 2. The van der Waals surface area contributed by atoms with Gasteiger partial charge in [-0.15, -0.1) is 35.3 Å². The molecule has 0 bridgehead atoms. The summed E-state index contributed by atoms with van der Waals surface area (Å²) in [6, 6.07) is 10.0. The maximum absolute atomic E-state index is 14.1. The van der Waals surface area contributed by atoms with E-state index in [2.05, 4.69) is 38.0 Å². The minimum absolute atomic E-state index is 0. The largest absolute Gasteiger partial charge is 0.375 e. The molecule has 1 aliphatic rings. The van der Waals surface area contributed by atoms with Crippen molar-refractivity contribution in [3.63, 3.8) is 0 Å². The number of anilines is 2. The zero-order valence-electron chi connectivity index (χ0n) is 16.6. The minimum atomic E-state index is -0.205. The van der Waals surface area contributed by atoms with Crippen LogP contribution in [0, 0.1) is 5.82 Å². The molecule has 3 rings (SSSR count). The second kappa shape index (κ2) is 10.8. The summed E-state index contributed by atoms with van der Waals surface area (Å²) >= 11 is 1.79. The average molecular weight is 517 g/mol. The number of rotatable bonds is 5. The Morgan fingerprint density at radius 2 is 2.04 bits per heavy atom. The van der Waals surface area contributed by atoms with E-state index in [1.165, 1.54) is 5.00 Å². The zero-order chi connectivity index (χ0) is 19.2. The number of nitrogens with one attached hydrogen (secondary N) is 2. The number of aliphatic imine (C=N–C) groups is 1. The number of piperidine rings is 1. The Labute approximate surface area is 188 Å². The molecule has 2 heterocycles. The zero-order valence-corrected chi connectivity index (χ0v) is 19.8. The van der Waals surface area contributed by atoms with E-state index in [1.807, 2.05) is 26.2 Å². The molecule has 1 aromatic heterocycles. The lowest BCUT2D eigenvalue weighted by Crippen LogP contribution is -2.48. The van der Waals surface area contributed by atoms with Gasteiger partial charge in [-0.1, -0.05) is 6.07 Å². The van der Waals surface area contributed by atoms with E-state index in [1.54, 1.807) is 29.4 Å². The van der Waals surface area contributed by atoms with Gasteiger partial charge in [-0.2, -0.15) is 0 Å². The number of nitrogens with zero attached hydrogens (tertiary/aromatic N) is 3. The average Bonchev–Trinajstić information content (AvgIpc) is 3.20. The summed E-state index contributed by atoms with van der Waals surface area (Å²) in [5.74, 6) is 0.560. The summed E-state index contributed by atoms with van der Waals surface area (Å²) in [5, 5.41) is 10.3. The molecule has 28 heavy (non-hydrogen) atoms. The maximum Gasteiger partial charge on any atom is 0.191 e. The molecule has 0 spiro atoms. The highest BCUT2D eigenvalue weighted by Crippen LogP contribution is 2.24. The van der Waals surface area contributed by atoms with Crippen LogP contribution >= 0.6 is 35.3 Å². The predicted molar refractivity (Wildman–Crippen MR) is 129 cm³/mol. The normalized spacial score (nSPS) is 15.1. The van der Waals surface area contributed by atoms with Crippen LogP contribution in [0.5, 0.6) is 0 Å². The smallest absolute Gasteiger partial charge is 0.191 e. The van der Waals surface area contributed by atoms with Crippen LogP contribution in [-0.2, 0) is 6.54 Å². The van der Waals surface area contributed by atoms with Gasteiger partial charge in [-0.05, 0) is 48.1 Å². The SMILES string of the molecule is CN=C(NCc1ccc(N(C)C)c(F)c1)NC1CCN(c2cccs2)CC1.I. The lowest BCUT2D eigenvalue weighted by molar-refractivity contribution is 0.462. The molecule has 5 nitrogen and oxygen atoms in total. The molecule has 2 N–H and O–H groups in total. The second-order valence-electron chi connectivity index (χ2n) is 6.96. The summed E-state index contributed by atoms with van der Waals surface area (Å²) in [6.45, 7) is 2.64. The molecular weight excluding hydrogens is 488 g/mol. The van der Waals surface area contributed by atoms with E-state index in [0.717, 1.165) is 37.5 Å². The lowest BCUT2D eigenvalue weighted by Gasteiger charge is -2.33. The van der Waals surface area contributed by atoms with Crippen molar-refractivity contribution in [3.05, 3.63) is 47.1 Å². The van der Waals surface area contributed by atoms with Crippen LogP contribution in [0.3, 0.4) is 0 Å². The van der Waals surface area contributed by atoms with Gasteiger partial charge in [0.15, 0.2) is 5.96 Å². The van der Waals surface area contributed by atoms with Gasteiger partial charge < -0.3 is 20.4 Å². The summed E-state index contributed by atoms with van der Waals surface area (Å²) < 4.78 is 14.1. The Balaban J connectivity index is 0.00000280. The van der Waals surface area contributed by atoms with Crippen LogP contribution in [0.2, 0.25) is 0 Å². The minimum Gasteiger partial charge on any atom is -0.375 e. The summed E-state index contributed by atoms with van der Waals surface area (Å²) in [6.07, 6.45) is 2.15. The fourth-order valence-corrected chi connectivity index (χ4v) is 4.08. The molecule has 0 aliphatic carbocycles. The first-order chi connectivity index (χ1) is 13.1. The summed E-state index contributed by atoms with van der Waals surface area (Å²) in [7, 11) is 5.45. The first-order valence-electron chi connectivity index (χ1n) is 9.28. The monoisotopic (exact) mass is 517 g/mol. The van der Waals surface area contributed by atoms with Crippen molar-refractivity contribution in [1.82, 2.24) is 10.6 Å². The fraction of sp³-hybridized carbons (Fsp3) is 0.450. The Morgan fingerprint density at radius 1 is 1.29 bits per heavy atom. The van der Waals surface area contributed by atoms with E-state index in [-0.39, 0.29) is 29.8 Å². The molecule has 0 atom stereocenters. The van der Waals surface area contributed by atoms with Crippen molar-refractivity contribution in [3.8, 4) is 0 Å². The third kappa shape index (κ3) is 5.97. The highest BCUT2D eigenvalue weighted by molar-refractivity contribution is 14.0. The number of benzene rings is 1. The van der Waals surface area contributed by atoms with E-state index >= 15 is 0 Å². The van der Waals surface area contributed by atoms with Crippen LogP contribution in [0.25, 0.3) is 0 Å². The molecule has 0 amide bonds. The van der Waals surface area contributed by atoms with Crippen LogP contribution in [0.15, 0.2) is 40.7 Å². The van der Waals surface area contributed by atoms with E-state index in [0.29, 0.717) is 18.3 Å². The summed E-state index contributed by atoms with van der Waals surface area (Å²) in [5.41, 5.74) is 1.49. The van der Waals surface area contributed by atoms with Crippen molar-refractivity contribution >= 4 is 52.0 Å². The number of thiophene rings is 1. The number of hydrogen-bond acceptors (Lipinski definition) is 4. The molecule has 1 saturated heterocycles. The molecule has 1 aliphatic heterocycles. The standard InChI is InChI=1S/C20H28FN5S.HI/c1-22-20(23-14-15-6-7-18(25(2)3)17(21)13-15)24-16-8-10-26(11-9-16)19-5-4-12-27-19;/h4-7,12-13,16H,8-11,14H2,1-3H3,(H2,22,23,24);1H. The second-order valence-corrected chi connectivity index (χ2v) is 7.89. The van der Waals surface area contributed by atoms with Gasteiger partial charge in [0.2, 0.25) is 0 Å². The van der Waals surface area contributed by atoms with Crippen LogP contribution in [0.4, 0.5) is 15.1 Å². The predicted octanol–water partition coefficient (Wildman–Crippen LogP) is 3.91. The van der Waals surface area contributed by atoms with Crippen molar-refractivity contribution in [2.45, 2.75) is 25.4 Å². The first kappa shape index (κ1) is 22.7. The van der Waals surface area contributed by atoms with Crippen LogP contribution in [-0.4, -0.2) is 46.2 Å². The molecule has 1 aromatic carbocycles. The van der Waals surface area contributed by atoms with Gasteiger partial charge >= 0.3 is 0 Å². The third-order valence-corrected chi connectivity index (χ3v) is 5.76. The molecule has 1 fully saturated rings. The van der Waals surface area contributed by atoms with Gasteiger partial charge in [0.05, 0.1) is 10.7 Å². The highest BCUT2D eigenvalue weighted by atomic mass is 127. The molecule has 8 heteroatoms. The quantitative estimate of drug-likeness (QED) is 0.359. The first-order valence-corrected chi connectivity index (χ1v) is 10.2. The highest BCUT2D eigenvalue weighted by Gasteiger charge is 2.20. The van der Waals surface area contributed by atoms with Crippen molar-refractivity contribution in [2.75, 3.05) is 44.0 Å². The maximum atomic E-state index is 14.1. The van der Waals surface area contributed by atoms with Gasteiger partial charge in [0.1, 0.15) is 5.82 Å². The van der Waals surface area contributed by atoms with Gasteiger partial charge in [0, 0.05) is 46.8 Å². The van der Waals surface area contributed by atoms with E-state index < -0.39 is 0 Å². The van der Waals surface area contributed by atoms with Gasteiger partial charge in [0.25, 0.3) is 0 Å². The topological polar surface area (TPSA) is 42.9 Å². The van der Waals surface area contributed by atoms with Crippen LogP contribution in [0.1, 0.15) is 18.4 Å². The molecule has 154 valence electrons. The Morgan fingerprint density at radius 3 is 2.61 bits per heavy atom. The Bertz CT molecular complexity index is 758. The summed E-state index contributed by atoms with van der Waals surface area (Å²) in [4.78, 5) is 8.53. The van der Waals surface area contributed by atoms with Crippen molar-refractivity contribution in [1.29, 1.82) is 0 Å². The van der Waals surface area contributed by atoms with E-state index in [9.17, 15) is 4.39 Å². The Hall–Kier alpha value is -1.55. The lowest BCUT2D eigenvalue weighted by atomic mass is 10.1. The molecule has 0 saturated carbocycles. The molecule has 0 unspecified atom stereocenters. The van der Waals surface area contributed by atoms with Gasteiger partial charge in [-0.3, -0.25) is 4.99 Å². The Kier molecular flexibility index (Phi) is 8.81. The van der Waals surface area contributed by atoms with Gasteiger partial charge in [-0.25, -0.2) is 4.39 Å². The molecule has 2 aromatic rings. The van der Waals surface area contributed by atoms with E-state index in [4.69, 9.17) is 0 Å². The third-order valence-electron chi connectivity index (χ3n) is 4.83. The molecular formula is C20H29FIN5S. The van der Waals surface area contributed by atoms with Crippen LogP contribution < -0.4 is 20.4 Å². The van der Waals surface area contributed by atoms with Crippen molar-refractivity contribution in [2.24, 2.45) is 4.99 Å². The van der Waals surface area contributed by atoms with Crippen molar-refractivity contribution < 1.29 is 4.39 Å². The number of guanidine groups is 1.